The first-order chi connectivity index (χ1) is 9.31. The van der Waals surface area contributed by atoms with E-state index in [1.165, 1.54) is 5.56 Å². The second kappa shape index (κ2) is 5.63. The minimum atomic E-state index is 0.303. The van der Waals surface area contributed by atoms with Crippen LogP contribution in [0.1, 0.15) is 5.56 Å². The van der Waals surface area contributed by atoms with Gasteiger partial charge in [-0.05, 0) is 30.2 Å². The number of phenolic OH excluding ortho intramolecular Hbond substituents is 1. The van der Waals surface area contributed by atoms with Gasteiger partial charge in [0, 0.05) is 5.75 Å². The highest BCUT2D eigenvalue weighted by molar-refractivity contribution is 8.01. The standard InChI is InChI=1S/C15H13NOS2/c17-12-6-7-13-14(10-12)19-15(16-13)18-9-8-11-4-2-1-3-5-11/h1-7,10,17H,8-9H2. The van der Waals surface area contributed by atoms with E-state index in [1.54, 1.807) is 35.2 Å². The Morgan fingerprint density at radius 2 is 1.95 bits per heavy atom. The van der Waals surface area contributed by atoms with Crippen LogP contribution in [0.4, 0.5) is 0 Å². The van der Waals surface area contributed by atoms with Gasteiger partial charge < -0.3 is 5.11 Å². The number of nitrogens with zero attached hydrogens (tertiary/aromatic N) is 1. The van der Waals surface area contributed by atoms with Crippen molar-refractivity contribution < 1.29 is 5.11 Å². The molecule has 96 valence electrons. The van der Waals surface area contributed by atoms with Gasteiger partial charge in [-0.3, -0.25) is 0 Å². The van der Waals surface area contributed by atoms with E-state index in [1.807, 2.05) is 12.1 Å². The summed E-state index contributed by atoms with van der Waals surface area (Å²) in [5.41, 5.74) is 2.32. The summed E-state index contributed by atoms with van der Waals surface area (Å²) < 4.78 is 2.11. The van der Waals surface area contributed by atoms with Gasteiger partial charge in [0.25, 0.3) is 0 Å². The molecule has 2 aromatic carbocycles. The molecule has 2 nitrogen and oxygen atoms in total. The lowest BCUT2D eigenvalue weighted by Gasteiger charge is -1.98. The van der Waals surface area contributed by atoms with E-state index < -0.39 is 0 Å². The van der Waals surface area contributed by atoms with Gasteiger partial charge in [0.15, 0.2) is 4.34 Å². The minimum Gasteiger partial charge on any atom is -0.508 e. The third-order valence-corrected chi connectivity index (χ3v) is 4.97. The molecule has 0 unspecified atom stereocenters. The highest BCUT2D eigenvalue weighted by Gasteiger charge is 2.05. The summed E-state index contributed by atoms with van der Waals surface area (Å²) in [5.74, 6) is 1.33. The highest BCUT2D eigenvalue weighted by atomic mass is 32.2. The lowest BCUT2D eigenvalue weighted by molar-refractivity contribution is 0.476. The van der Waals surface area contributed by atoms with Crippen LogP contribution in [0, 0.1) is 0 Å². The van der Waals surface area contributed by atoms with Gasteiger partial charge in [-0.15, -0.1) is 11.3 Å². The molecule has 0 aliphatic heterocycles. The zero-order chi connectivity index (χ0) is 13.1. The molecule has 0 aliphatic rings. The first-order valence-electron chi connectivity index (χ1n) is 6.07. The Kier molecular flexibility index (Phi) is 3.71. The van der Waals surface area contributed by atoms with Crippen LogP contribution in [-0.2, 0) is 6.42 Å². The molecule has 0 fully saturated rings. The number of aryl methyl sites for hydroxylation is 1. The van der Waals surface area contributed by atoms with Crippen LogP contribution >= 0.6 is 23.1 Å². The summed E-state index contributed by atoms with van der Waals surface area (Å²) in [6.45, 7) is 0. The van der Waals surface area contributed by atoms with Crippen molar-refractivity contribution in [3.63, 3.8) is 0 Å². The molecule has 0 saturated heterocycles. The summed E-state index contributed by atoms with van der Waals surface area (Å²) in [7, 11) is 0. The van der Waals surface area contributed by atoms with Crippen LogP contribution in [0.2, 0.25) is 0 Å². The normalized spacial score (nSPS) is 10.9. The quantitative estimate of drug-likeness (QED) is 0.725. The second-order valence-corrected chi connectivity index (χ2v) is 6.59. The van der Waals surface area contributed by atoms with Crippen molar-refractivity contribution in [1.82, 2.24) is 4.98 Å². The Morgan fingerprint density at radius 3 is 2.79 bits per heavy atom. The molecule has 0 spiro atoms. The Morgan fingerprint density at radius 1 is 1.11 bits per heavy atom. The third kappa shape index (κ3) is 3.08. The van der Waals surface area contributed by atoms with Crippen LogP contribution in [0.15, 0.2) is 52.9 Å². The molecule has 0 radical (unpaired) electrons. The van der Waals surface area contributed by atoms with Crippen LogP contribution in [0.3, 0.4) is 0 Å². The van der Waals surface area contributed by atoms with E-state index >= 15 is 0 Å². The van der Waals surface area contributed by atoms with Gasteiger partial charge >= 0.3 is 0 Å². The van der Waals surface area contributed by atoms with E-state index in [-0.39, 0.29) is 0 Å². The topological polar surface area (TPSA) is 33.1 Å². The largest absolute Gasteiger partial charge is 0.508 e. The summed E-state index contributed by atoms with van der Waals surface area (Å²) in [6.07, 6.45) is 1.05. The lowest BCUT2D eigenvalue weighted by atomic mass is 10.2. The number of thiazole rings is 1. The van der Waals surface area contributed by atoms with Gasteiger partial charge in [0.05, 0.1) is 10.2 Å². The molecule has 1 heterocycles. The summed E-state index contributed by atoms with van der Waals surface area (Å²) in [5, 5.41) is 9.44. The molecule has 19 heavy (non-hydrogen) atoms. The highest BCUT2D eigenvalue weighted by Crippen LogP contribution is 2.31. The Hall–Kier alpha value is -1.52. The SMILES string of the molecule is Oc1ccc2nc(SCCc3ccccc3)sc2c1. The number of rotatable bonds is 4. The molecule has 0 bridgehead atoms. The molecular formula is C15H13NOS2. The molecule has 1 N–H and O–H groups in total. The molecule has 3 rings (SSSR count). The molecule has 0 saturated carbocycles. The zero-order valence-electron chi connectivity index (χ0n) is 10.2. The fourth-order valence-electron chi connectivity index (χ4n) is 1.85. The maximum Gasteiger partial charge on any atom is 0.151 e. The Balaban J connectivity index is 1.65. The van der Waals surface area contributed by atoms with Gasteiger partial charge in [0.2, 0.25) is 0 Å². The molecule has 0 atom stereocenters. The average Bonchev–Trinajstić information content (AvgIpc) is 2.82. The summed E-state index contributed by atoms with van der Waals surface area (Å²) in [6, 6.07) is 15.8. The number of aromatic hydroxyl groups is 1. The molecule has 1 aromatic heterocycles. The molecule has 0 aliphatic carbocycles. The minimum absolute atomic E-state index is 0.303. The maximum atomic E-state index is 9.44. The summed E-state index contributed by atoms with van der Waals surface area (Å²) in [4.78, 5) is 4.56. The Labute approximate surface area is 120 Å². The van der Waals surface area contributed by atoms with Crippen molar-refractivity contribution in [3.8, 4) is 5.75 Å². The van der Waals surface area contributed by atoms with Crippen LogP contribution in [0.5, 0.6) is 5.75 Å². The van der Waals surface area contributed by atoms with Crippen molar-refractivity contribution in [2.24, 2.45) is 0 Å². The monoisotopic (exact) mass is 287 g/mol. The van der Waals surface area contributed by atoms with E-state index in [0.717, 1.165) is 26.7 Å². The van der Waals surface area contributed by atoms with E-state index in [9.17, 15) is 5.11 Å². The predicted octanol–water partition coefficient (Wildman–Crippen LogP) is 4.34. The molecule has 0 amide bonds. The van der Waals surface area contributed by atoms with Crippen molar-refractivity contribution in [2.45, 2.75) is 10.8 Å². The number of benzene rings is 2. The first-order valence-corrected chi connectivity index (χ1v) is 7.88. The number of phenols is 1. The van der Waals surface area contributed by atoms with Gasteiger partial charge in [0.1, 0.15) is 5.75 Å². The number of thioether (sulfide) groups is 1. The summed E-state index contributed by atoms with van der Waals surface area (Å²) >= 11 is 3.41. The van der Waals surface area contributed by atoms with E-state index in [0.29, 0.717) is 5.75 Å². The fourth-order valence-corrected chi connectivity index (χ4v) is 4.02. The lowest BCUT2D eigenvalue weighted by Crippen LogP contribution is -1.87. The van der Waals surface area contributed by atoms with Crippen LogP contribution in [0.25, 0.3) is 10.2 Å². The second-order valence-electron chi connectivity index (χ2n) is 4.22. The number of fused-ring (bicyclic) bond motifs is 1. The van der Waals surface area contributed by atoms with Crippen LogP contribution < -0.4 is 0 Å². The van der Waals surface area contributed by atoms with Gasteiger partial charge in [-0.2, -0.15) is 0 Å². The third-order valence-electron chi connectivity index (χ3n) is 2.81. The van der Waals surface area contributed by atoms with Crippen LogP contribution in [-0.4, -0.2) is 15.8 Å². The molecule has 4 heteroatoms. The number of aromatic nitrogens is 1. The zero-order valence-corrected chi connectivity index (χ0v) is 11.9. The predicted molar refractivity (Wildman–Crippen MR) is 82.2 cm³/mol. The average molecular weight is 287 g/mol. The van der Waals surface area contributed by atoms with Gasteiger partial charge in [-0.1, -0.05) is 42.1 Å². The molecule has 3 aromatic rings. The smallest absolute Gasteiger partial charge is 0.151 e. The van der Waals surface area contributed by atoms with Gasteiger partial charge in [-0.25, -0.2) is 4.98 Å². The fraction of sp³-hybridized carbons (Fsp3) is 0.133. The Bertz CT molecular complexity index is 679. The first kappa shape index (κ1) is 12.5. The van der Waals surface area contributed by atoms with Crippen molar-refractivity contribution >= 4 is 33.3 Å². The number of hydrogen-bond acceptors (Lipinski definition) is 4. The van der Waals surface area contributed by atoms with E-state index in [4.69, 9.17) is 0 Å². The maximum absolute atomic E-state index is 9.44. The van der Waals surface area contributed by atoms with E-state index in [2.05, 4.69) is 29.2 Å². The van der Waals surface area contributed by atoms with Crippen molar-refractivity contribution in [2.75, 3.05) is 5.75 Å². The van der Waals surface area contributed by atoms with Crippen molar-refractivity contribution in [3.05, 3.63) is 54.1 Å². The number of hydrogen-bond donors (Lipinski definition) is 1. The molecular weight excluding hydrogens is 274 g/mol. The van der Waals surface area contributed by atoms with Crippen molar-refractivity contribution in [1.29, 1.82) is 0 Å².